The molecule has 42 heavy (non-hydrogen) atoms. The number of anilines is 3. The molecule has 0 radical (unpaired) electrons. The first-order valence-electron chi connectivity index (χ1n) is 14.5. The van der Waals surface area contributed by atoms with Gasteiger partial charge >= 0.3 is 0 Å². The molecule has 3 aromatic rings. The average molecular weight is 583 g/mol. The van der Waals surface area contributed by atoms with Crippen LogP contribution in [0, 0.1) is 0 Å². The van der Waals surface area contributed by atoms with Crippen LogP contribution in [-0.4, -0.2) is 53.3 Å². The van der Waals surface area contributed by atoms with Gasteiger partial charge in [0.2, 0.25) is 0 Å². The van der Waals surface area contributed by atoms with E-state index >= 15 is 0 Å². The summed E-state index contributed by atoms with van der Waals surface area (Å²) < 4.78 is 21.0. The van der Waals surface area contributed by atoms with Crippen molar-refractivity contribution in [2.75, 3.05) is 56.8 Å². The fourth-order valence-electron chi connectivity index (χ4n) is 5.27. The maximum absolute atomic E-state index is 11.7. The van der Waals surface area contributed by atoms with Crippen LogP contribution in [0.3, 0.4) is 0 Å². The summed E-state index contributed by atoms with van der Waals surface area (Å²) in [6.07, 6.45) is 11.3. The number of rotatable bonds is 3. The lowest BCUT2D eigenvalue weighted by Crippen LogP contribution is -2.31. The number of ether oxygens (including phenoxy) is 3. The van der Waals surface area contributed by atoms with Crippen LogP contribution in [-0.2, 0) is 14.2 Å². The monoisotopic (exact) mass is 582 g/mol. The van der Waals surface area contributed by atoms with Crippen molar-refractivity contribution in [2.24, 2.45) is 0 Å². The average Bonchev–Trinajstić information content (AvgIpc) is 3.03. The number of aromatic nitrogens is 3. The SMILES string of the molecule is Nc1cccn(C2CCCOC2)c1=O.Nc1cccn([C@@H]2CCCOC2)c1=O.Nc1cccn([C@H]2CCCOC2)c1=O. The van der Waals surface area contributed by atoms with E-state index < -0.39 is 0 Å². The third kappa shape index (κ3) is 8.11. The van der Waals surface area contributed by atoms with Crippen molar-refractivity contribution in [3.63, 3.8) is 0 Å². The quantitative estimate of drug-likeness (QED) is 0.419. The van der Waals surface area contributed by atoms with Crippen LogP contribution >= 0.6 is 0 Å². The summed E-state index contributed by atoms with van der Waals surface area (Å²) in [6.45, 7) is 4.24. The zero-order valence-corrected chi connectivity index (χ0v) is 23.9. The van der Waals surface area contributed by atoms with Crippen molar-refractivity contribution >= 4 is 17.1 Å². The Morgan fingerprint density at radius 2 is 0.810 bits per heavy atom. The molecule has 3 atom stereocenters. The molecule has 0 spiro atoms. The summed E-state index contributed by atoms with van der Waals surface area (Å²) in [6, 6.07) is 10.7. The summed E-state index contributed by atoms with van der Waals surface area (Å²) in [5, 5.41) is 0. The van der Waals surface area contributed by atoms with Crippen LogP contribution in [0.2, 0.25) is 0 Å². The van der Waals surface area contributed by atoms with Gasteiger partial charge in [-0.15, -0.1) is 0 Å². The summed E-state index contributed by atoms with van der Waals surface area (Å²) in [7, 11) is 0. The minimum atomic E-state index is -0.108. The molecule has 6 rings (SSSR count). The summed E-state index contributed by atoms with van der Waals surface area (Å²) >= 11 is 0. The molecule has 0 aliphatic carbocycles. The van der Waals surface area contributed by atoms with Gasteiger partial charge in [-0.25, -0.2) is 0 Å². The Morgan fingerprint density at radius 3 is 1.05 bits per heavy atom. The van der Waals surface area contributed by atoms with Crippen LogP contribution < -0.4 is 33.9 Å². The van der Waals surface area contributed by atoms with Crippen molar-refractivity contribution in [1.82, 2.24) is 13.7 Å². The van der Waals surface area contributed by atoms with E-state index in [1.807, 2.05) is 0 Å². The Bertz CT molecular complexity index is 1270. The van der Waals surface area contributed by atoms with Gasteiger partial charge in [0.05, 0.1) is 55.0 Å². The molecule has 12 heteroatoms. The maximum atomic E-state index is 11.7. The Kier molecular flexibility index (Phi) is 11.4. The van der Waals surface area contributed by atoms with Gasteiger partial charge in [0.15, 0.2) is 0 Å². The predicted molar refractivity (Wildman–Crippen MR) is 163 cm³/mol. The molecule has 3 aliphatic heterocycles. The first kappa shape index (κ1) is 31.1. The van der Waals surface area contributed by atoms with E-state index in [1.165, 1.54) is 0 Å². The summed E-state index contributed by atoms with van der Waals surface area (Å²) in [5.74, 6) is 0. The molecule has 3 saturated heterocycles. The van der Waals surface area contributed by atoms with E-state index in [2.05, 4.69) is 0 Å². The van der Waals surface area contributed by atoms with Crippen LogP contribution in [0.5, 0.6) is 0 Å². The topological polar surface area (TPSA) is 172 Å². The molecule has 3 aromatic heterocycles. The highest BCUT2D eigenvalue weighted by molar-refractivity contribution is 5.35. The van der Waals surface area contributed by atoms with Crippen molar-refractivity contribution in [2.45, 2.75) is 56.7 Å². The van der Waals surface area contributed by atoms with Crippen LogP contribution in [0.25, 0.3) is 0 Å². The number of nitrogens with zero attached hydrogens (tertiary/aromatic N) is 3. The van der Waals surface area contributed by atoms with E-state index in [-0.39, 0.29) is 34.8 Å². The Labute approximate surface area is 244 Å². The van der Waals surface area contributed by atoms with Crippen molar-refractivity contribution in [3.8, 4) is 0 Å². The number of pyridine rings is 3. The number of hydrogen-bond donors (Lipinski definition) is 3. The molecule has 0 aromatic carbocycles. The van der Waals surface area contributed by atoms with Crippen LogP contribution in [0.15, 0.2) is 69.4 Å². The van der Waals surface area contributed by atoms with E-state index in [4.69, 9.17) is 31.4 Å². The van der Waals surface area contributed by atoms with Crippen LogP contribution in [0.4, 0.5) is 17.1 Å². The van der Waals surface area contributed by atoms with E-state index in [1.54, 1.807) is 68.7 Å². The van der Waals surface area contributed by atoms with Gasteiger partial charge in [0, 0.05) is 38.4 Å². The highest BCUT2D eigenvalue weighted by atomic mass is 16.5. The number of hydrogen-bond acceptors (Lipinski definition) is 9. The molecule has 0 saturated carbocycles. The minimum Gasteiger partial charge on any atom is -0.394 e. The van der Waals surface area contributed by atoms with Gasteiger partial charge in [0.25, 0.3) is 16.7 Å². The van der Waals surface area contributed by atoms with Gasteiger partial charge in [-0.05, 0) is 74.9 Å². The second-order valence-electron chi connectivity index (χ2n) is 10.6. The smallest absolute Gasteiger partial charge is 0.273 e. The molecule has 12 nitrogen and oxygen atoms in total. The second kappa shape index (κ2) is 15.4. The minimum absolute atomic E-state index is 0.108. The highest BCUT2D eigenvalue weighted by Gasteiger charge is 2.18. The first-order valence-corrected chi connectivity index (χ1v) is 14.5. The van der Waals surface area contributed by atoms with Gasteiger partial charge in [0.1, 0.15) is 0 Å². The van der Waals surface area contributed by atoms with Gasteiger partial charge in [-0.3, -0.25) is 14.4 Å². The molecule has 3 aliphatic rings. The third-order valence-corrected chi connectivity index (χ3v) is 7.60. The van der Waals surface area contributed by atoms with Crippen molar-refractivity contribution < 1.29 is 14.2 Å². The zero-order valence-electron chi connectivity index (χ0n) is 23.9. The lowest BCUT2D eigenvalue weighted by atomic mass is 10.1. The fraction of sp³-hybridized carbons (Fsp3) is 0.500. The highest BCUT2D eigenvalue weighted by Crippen LogP contribution is 2.19. The summed E-state index contributed by atoms with van der Waals surface area (Å²) in [4.78, 5) is 35.0. The first-order chi connectivity index (χ1) is 20.4. The molecular formula is C30H42N6O6. The predicted octanol–water partition coefficient (Wildman–Crippen LogP) is 2.35. The second-order valence-corrected chi connectivity index (χ2v) is 10.6. The van der Waals surface area contributed by atoms with E-state index in [0.717, 1.165) is 58.3 Å². The van der Waals surface area contributed by atoms with Gasteiger partial charge < -0.3 is 45.1 Å². The maximum Gasteiger partial charge on any atom is 0.273 e. The lowest BCUT2D eigenvalue weighted by molar-refractivity contribution is 0.0580. The van der Waals surface area contributed by atoms with Gasteiger partial charge in [-0.2, -0.15) is 0 Å². The largest absolute Gasteiger partial charge is 0.394 e. The Morgan fingerprint density at radius 1 is 0.524 bits per heavy atom. The number of nitrogen functional groups attached to an aromatic ring is 3. The molecule has 1 unspecified atom stereocenters. The standard InChI is InChI=1S/3C10H14N2O2/c3*11-9-4-1-5-12(10(9)13)8-3-2-6-14-7-8/h3*1,4-5,8H,2-3,6-7,11H2/t2*8-;/m10./s1. The van der Waals surface area contributed by atoms with Crippen molar-refractivity contribution in [1.29, 1.82) is 0 Å². The van der Waals surface area contributed by atoms with Gasteiger partial charge in [-0.1, -0.05) is 0 Å². The third-order valence-electron chi connectivity index (χ3n) is 7.60. The zero-order chi connectivity index (χ0) is 29.9. The van der Waals surface area contributed by atoms with Crippen LogP contribution in [0.1, 0.15) is 56.7 Å². The Balaban J connectivity index is 0.000000145. The molecule has 0 amide bonds. The van der Waals surface area contributed by atoms with E-state index in [0.29, 0.717) is 36.9 Å². The Hall–Kier alpha value is -3.87. The molecule has 6 heterocycles. The molecule has 228 valence electrons. The number of nitrogens with two attached hydrogens (primary N) is 3. The molecular weight excluding hydrogens is 540 g/mol. The molecule has 6 N–H and O–H groups in total. The normalized spacial score (nSPS) is 22.1. The molecule has 0 bridgehead atoms. The molecule has 3 fully saturated rings. The van der Waals surface area contributed by atoms with E-state index in [9.17, 15) is 14.4 Å². The lowest BCUT2D eigenvalue weighted by Gasteiger charge is -2.24. The fourth-order valence-corrected chi connectivity index (χ4v) is 5.27. The van der Waals surface area contributed by atoms with Crippen molar-refractivity contribution in [3.05, 3.63) is 86.1 Å². The summed E-state index contributed by atoms with van der Waals surface area (Å²) in [5.41, 5.74) is 17.2.